The van der Waals surface area contributed by atoms with E-state index in [4.69, 9.17) is 10.5 Å². The number of ketones is 2. The van der Waals surface area contributed by atoms with E-state index in [0.29, 0.717) is 17.0 Å². The van der Waals surface area contributed by atoms with Crippen LogP contribution in [0.2, 0.25) is 0 Å². The lowest BCUT2D eigenvalue weighted by atomic mass is 9.59. The third-order valence-electron chi connectivity index (χ3n) is 8.26. The number of nitrogens with one attached hydrogen (secondary N) is 1. The van der Waals surface area contributed by atoms with Gasteiger partial charge in [-0.15, -0.1) is 0 Å². The third kappa shape index (κ3) is 4.44. The van der Waals surface area contributed by atoms with Crippen molar-refractivity contribution in [3.05, 3.63) is 69.5 Å². The second-order valence-electron chi connectivity index (χ2n) is 11.1. The Labute approximate surface area is 240 Å². The molecular weight excluding hydrogens is 546 g/mol. The Morgan fingerprint density at radius 3 is 2.40 bits per heavy atom. The molecule has 2 aromatic carbocycles. The standard InChI is InChI=1S/C30H31N3O9/c1-13-4-6-17(7-5-13)42-29(40)32-12-15-10-19(33(2)3)18-9-14-8-16-11-20(34)23(28(31)39)27(38)30(16,41)26(37)21(14)25(36)22(18)24(15)35/h4-7,10,14,16,35-36,38,41H,8-9,11-12H2,1-3H3,(H2,31,39)(H,32,40). The predicted molar refractivity (Wildman–Crippen MR) is 150 cm³/mol. The van der Waals surface area contributed by atoms with E-state index >= 15 is 0 Å². The molecule has 1 fully saturated rings. The summed E-state index contributed by atoms with van der Waals surface area (Å²) in [4.78, 5) is 52.3. The van der Waals surface area contributed by atoms with Crippen molar-refractivity contribution in [2.45, 2.75) is 38.3 Å². The Balaban J connectivity index is 1.54. The molecule has 3 atom stereocenters. The number of aromatic hydroxyl groups is 1. The summed E-state index contributed by atoms with van der Waals surface area (Å²) in [6, 6.07) is 8.49. The van der Waals surface area contributed by atoms with Gasteiger partial charge in [-0.3, -0.25) is 14.4 Å². The summed E-state index contributed by atoms with van der Waals surface area (Å²) in [6.07, 6.45) is -0.972. The van der Waals surface area contributed by atoms with Crippen LogP contribution >= 0.6 is 0 Å². The van der Waals surface area contributed by atoms with Gasteiger partial charge in [-0.05, 0) is 49.4 Å². The number of hydrogen-bond donors (Lipinski definition) is 6. The molecule has 12 nitrogen and oxygen atoms in total. The smallest absolute Gasteiger partial charge is 0.412 e. The van der Waals surface area contributed by atoms with Crippen LogP contribution in [0.5, 0.6) is 11.5 Å². The number of Topliss-reactive ketones (excluding diaryl/α,β-unsaturated/α-hetero) is 2. The minimum Gasteiger partial charge on any atom is -0.508 e. The number of fused-ring (bicyclic) bond motifs is 3. The van der Waals surface area contributed by atoms with Gasteiger partial charge in [-0.2, -0.15) is 0 Å². The number of carbonyl (C=O) groups is 4. The first-order valence-electron chi connectivity index (χ1n) is 13.3. The van der Waals surface area contributed by atoms with Gasteiger partial charge in [0.15, 0.2) is 11.4 Å². The molecule has 0 aliphatic heterocycles. The number of hydrogen-bond acceptors (Lipinski definition) is 10. The van der Waals surface area contributed by atoms with Crippen LogP contribution < -0.4 is 20.7 Å². The van der Waals surface area contributed by atoms with Gasteiger partial charge in [0, 0.05) is 49.8 Å². The second-order valence-corrected chi connectivity index (χ2v) is 11.1. The van der Waals surface area contributed by atoms with E-state index in [2.05, 4.69) is 5.32 Å². The molecule has 2 aromatic rings. The summed E-state index contributed by atoms with van der Waals surface area (Å²) in [5.41, 5.74) is 3.77. The average Bonchev–Trinajstić information content (AvgIpc) is 2.91. The van der Waals surface area contributed by atoms with E-state index in [1.165, 1.54) is 0 Å². The molecule has 0 bridgehead atoms. The topological polar surface area (TPSA) is 200 Å². The molecule has 2 amide bonds. The highest BCUT2D eigenvalue weighted by Crippen LogP contribution is 2.53. The van der Waals surface area contributed by atoms with Crippen molar-refractivity contribution >= 4 is 35.0 Å². The van der Waals surface area contributed by atoms with Crippen molar-refractivity contribution in [2.24, 2.45) is 17.6 Å². The maximum atomic E-state index is 13.8. The van der Waals surface area contributed by atoms with Crippen molar-refractivity contribution in [1.82, 2.24) is 5.32 Å². The summed E-state index contributed by atoms with van der Waals surface area (Å²) in [5.74, 6) is -6.65. The number of primary amides is 1. The molecule has 12 heteroatoms. The van der Waals surface area contributed by atoms with E-state index in [0.717, 1.165) is 5.56 Å². The van der Waals surface area contributed by atoms with E-state index in [9.17, 15) is 39.6 Å². The Morgan fingerprint density at radius 1 is 1.12 bits per heavy atom. The molecule has 7 N–H and O–H groups in total. The summed E-state index contributed by atoms with van der Waals surface area (Å²) in [6.45, 7) is 1.70. The number of aliphatic hydroxyl groups excluding tert-OH is 2. The Morgan fingerprint density at radius 2 is 1.79 bits per heavy atom. The van der Waals surface area contributed by atoms with Crippen molar-refractivity contribution in [1.29, 1.82) is 0 Å². The van der Waals surface area contributed by atoms with Gasteiger partial charge in [-0.1, -0.05) is 17.7 Å². The number of nitrogens with zero attached hydrogens (tertiary/aromatic N) is 1. The monoisotopic (exact) mass is 577 g/mol. The number of aliphatic hydroxyl groups is 3. The zero-order valence-electron chi connectivity index (χ0n) is 23.2. The van der Waals surface area contributed by atoms with Gasteiger partial charge in [0.2, 0.25) is 5.78 Å². The van der Waals surface area contributed by atoms with Crippen LogP contribution in [0.1, 0.15) is 35.1 Å². The summed E-state index contributed by atoms with van der Waals surface area (Å²) in [5, 5.41) is 47.5. The maximum Gasteiger partial charge on any atom is 0.412 e. The molecule has 5 rings (SSSR count). The fourth-order valence-corrected chi connectivity index (χ4v) is 6.17. The number of anilines is 1. The molecule has 220 valence electrons. The molecule has 0 radical (unpaired) electrons. The van der Waals surface area contributed by atoms with Crippen LogP contribution in [-0.4, -0.2) is 63.7 Å². The van der Waals surface area contributed by atoms with Crippen LogP contribution in [0.15, 0.2) is 47.2 Å². The molecule has 0 saturated heterocycles. The van der Waals surface area contributed by atoms with Gasteiger partial charge in [-0.25, -0.2) is 4.79 Å². The van der Waals surface area contributed by atoms with Gasteiger partial charge in [0.05, 0.1) is 5.56 Å². The largest absolute Gasteiger partial charge is 0.508 e. The number of phenols is 1. The van der Waals surface area contributed by atoms with Crippen LogP contribution in [0.3, 0.4) is 0 Å². The van der Waals surface area contributed by atoms with Crippen LogP contribution in [0.25, 0.3) is 5.76 Å². The zero-order chi connectivity index (χ0) is 30.7. The number of rotatable bonds is 5. The molecule has 0 aromatic heterocycles. The van der Waals surface area contributed by atoms with Gasteiger partial charge in [0.25, 0.3) is 5.91 Å². The average molecular weight is 578 g/mol. The van der Waals surface area contributed by atoms with Crippen molar-refractivity contribution in [2.75, 3.05) is 19.0 Å². The number of amides is 2. The molecule has 42 heavy (non-hydrogen) atoms. The number of nitrogens with two attached hydrogens (primary N) is 1. The van der Waals surface area contributed by atoms with Crippen LogP contribution in [0.4, 0.5) is 10.5 Å². The first-order chi connectivity index (χ1) is 19.7. The van der Waals surface area contributed by atoms with Gasteiger partial charge >= 0.3 is 6.09 Å². The summed E-state index contributed by atoms with van der Waals surface area (Å²) in [7, 11) is 3.51. The highest BCUT2D eigenvalue weighted by atomic mass is 16.6. The molecule has 0 spiro atoms. The van der Waals surface area contributed by atoms with Gasteiger partial charge in [0.1, 0.15) is 28.6 Å². The number of ether oxygens (including phenoxy) is 1. The highest BCUT2D eigenvalue weighted by Gasteiger charge is 2.60. The summed E-state index contributed by atoms with van der Waals surface area (Å²) < 4.78 is 5.27. The van der Waals surface area contributed by atoms with Crippen LogP contribution in [0, 0.1) is 18.8 Å². The van der Waals surface area contributed by atoms with E-state index in [-0.39, 0.29) is 36.1 Å². The molecule has 3 unspecified atom stereocenters. The molecule has 1 saturated carbocycles. The maximum absolute atomic E-state index is 13.8. The fourth-order valence-electron chi connectivity index (χ4n) is 6.17. The molecule has 3 aliphatic rings. The number of aryl methyl sites for hydroxylation is 1. The van der Waals surface area contributed by atoms with Crippen LogP contribution in [-0.2, 0) is 27.3 Å². The minimum absolute atomic E-state index is 0.0324. The molecule has 3 aliphatic carbocycles. The van der Waals surface area contributed by atoms with E-state index < -0.39 is 70.3 Å². The first kappa shape index (κ1) is 28.7. The lowest BCUT2D eigenvalue weighted by molar-refractivity contribution is -0.147. The normalized spacial score (nSPS) is 23.1. The Kier molecular flexibility index (Phi) is 6.97. The zero-order valence-corrected chi connectivity index (χ0v) is 23.2. The molecule has 0 heterocycles. The first-order valence-corrected chi connectivity index (χ1v) is 13.3. The Bertz CT molecular complexity index is 1610. The third-order valence-corrected chi connectivity index (χ3v) is 8.26. The quantitative estimate of drug-likeness (QED) is 0.286. The summed E-state index contributed by atoms with van der Waals surface area (Å²) >= 11 is 0. The van der Waals surface area contributed by atoms with E-state index in [1.54, 1.807) is 49.3 Å². The van der Waals surface area contributed by atoms with Gasteiger partial charge < -0.3 is 41.1 Å². The van der Waals surface area contributed by atoms with E-state index in [1.807, 2.05) is 6.92 Å². The predicted octanol–water partition coefficient (Wildman–Crippen LogP) is 2.09. The number of carbonyl (C=O) groups excluding carboxylic acids is 4. The minimum atomic E-state index is -2.64. The Hall–Kier alpha value is -4.84. The highest BCUT2D eigenvalue weighted by molar-refractivity contribution is 6.22. The lowest BCUT2D eigenvalue weighted by Crippen LogP contribution is -2.58. The number of phenolic OH excluding ortho intramolecular Hbond substituents is 1. The van der Waals surface area contributed by atoms with Crippen molar-refractivity contribution < 1.29 is 44.3 Å². The fraction of sp³-hybridized carbons (Fsp3) is 0.333. The number of benzene rings is 2. The molecular formula is C30H31N3O9. The second kappa shape index (κ2) is 10.2. The van der Waals surface area contributed by atoms with Crippen molar-refractivity contribution in [3.8, 4) is 11.5 Å². The van der Waals surface area contributed by atoms with Crippen molar-refractivity contribution in [3.63, 3.8) is 0 Å². The lowest BCUT2D eigenvalue weighted by Gasteiger charge is -2.46. The SMILES string of the molecule is Cc1ccc(OC(=O)NCc2cc(N(C)C)c3c(c2O)C(O)=C2C(=O)C4(O)C(O)=C(C(N)=O)C(=O)CC4CC2C3)cc1.